The van der Waals surface area contributed by atoms with E-state index in [1.165, 1.54) is 30.4 Å². The number of thioether (sulfide) groups is 2. The topological polar surface area (TPSA) is 387 Å². The molecule has 7 rings (SSSR count). The van der Waals surface area contributed by atoms with Crippen LogP contribution in [0.5, 0.6) is 0 Å². The van der Waals surface area contributed by atoms with Crippen molar-refractivity contribution in [3.05, 3.63) is 145 Å². The molecule has 2 heterocycles. The number of benzene rings is 5. The Morgan fingerprint density at radius 2 is 0.978 bits per heavy atom. The Kier molecular flexibility index (Phi) is 27.8. The van der Waals surface area contributed by atoms with Gasteiger partial charge in [-0.2, -0.15) is 23.5 Å². The molecule has 0 saturated carbocycles. The molecule has 5 aromatic carbocycles. The van der Waals surface area contributed by atoms with Gasteiger partial charge >= 0.3 is 5.97 Å². The summed E-state index contributed by atoms with van der Waals surface area (Å²) in [5, 5.41) is 93.0. The molecule has 27 heteroatoms. The molecule has 2 fully saturated rings. The molecule has 12 atom stereocenters. The van der Waals surface area contributed by atoms with Crippen molar-refractivity contribution in [1.82, 2.24) is 21.3 Å². The van der Waals surface area contributed by atoms with Gasteiger partial charge in [-0.3, -0.25) is 33.6 Å². The quantitative estimate of drug-likeness (QED) is 0.0208. The first-order valence-corrected chi connectivity index (χ1v) is 32.6. The van der Waals surface area contributed by atoms with Crippen LogP contribution in [0.15, 0.2) is 133 Å². The number of nitrogens with one attached hydrogen (secondary N) is 6. The molecule has 0 unspecified atom stereocenters. The SMILES string of the molecule is CC(=O)N[C@H]1[C@H]([C@H](O)[C@H](O)CNC(=O)c2ccc(-c3ccccc3)cc2)O[C@](C=O)(OCCCSCCC(=O)Nc2cccc(NC(=O)CCSCCCO[C@]3(C(=O)O)C[C@H](O)[C@@H](NC(C)=O)[C@H]([C@H](O)[C@H](O)CNC(=O)c4ccc(-c5ccccc5)cc4)O3)c2)C[C@@H]1O. The highest BCUT2D eigenvalue weighted by molar-refractivity contribution is 7.99. The van der Waals surface area contributed by atoms with E-state index in [1.807, 2.05) is 60.7 Å². The molecule has 0 bridgehead atoms. The molecule has 0 radical (unpaired) electrons. The molecule has 5 aromatic rings. The number of hydrogen-bond donors (Lipinski definition) is 13. The van der Waals surface area contributed by atoms with E-state index in [9.17, 15) is 74.1 Å². The number of amides is 6. The summed E-state index contributed by atoms with van der Waals surface area (Å²) in [7, 11) is 0. The van der Waals surface area contributed by atoms with E-state index >= 15 is 0 Å². The van der Waals surface area contributed by atoms with Gasteiger partial charge in [0.1, 0.15) is 24.4 Å². The fourth-order valence-electron chi connectivity index (χ4n) is 10.5. The van der Waals surface area contributed by atoms with Crippen molar-refractivity contribution < 1.29 is 93.0 Å². The second-order valence-corrected chi connectivity index (χ2v) is 24.8. The van der Waals surface area contributed by atoms with E-state index in [-0.39, 0.29) is 49.9 Å². The Bertz CT molecular complexity index is 3290. The number of aliphatic carboxylic acids is 1. The third-order valence-electron chi connectivity index (χ3n) is 15.3. The number of carboxylic acids is 1. The molecular formula is C66H80N6O19S2. The minimum atomic E-state index is -2.50. The van der Waals surface area contributed by atoms with Gasteiger partial charge in [-0.25, -0.2) is 4.79 Å². The molecule has 6 amide bonds. The van der Waals surface area contributed by atoms with Crippen LogP contribution in [0, 0.1) is 0 Å². The number of carbonyl (C=O) groups is 8. The number of aliphatic hydroxyl groups excluding tert-OH is 6. The average Bonchev–Trinajstić information content (AvgIpc) is 0.784. The standard InChI is InChI=1S/C66H80N6O19S2/c1-40(74)69-56-50(76)35-65(39-73,90-60(56)58(82)52(78)37-67-62(84)46-22-18-44(19-23-46)42-12-5-3-6-13-42)88-28-10-30-92-32-26-54(80)71-48-16-9-17-49(34-48)72-55(81)27-33-93-31-11-29-89-66(64(86)87)36-51(77)57(70-41(2)75)61(91-66)59(83)53(79)38-68-63(85)47-24-20-45(21-25-47)43-14-7-4-8-15-43/h3-9,12-25,34,39,50-53,56-61,76-79,82-83H,10-11,26-33,35-38H2,1-2H3,(H,67,84)(H,68,85)(H,69,74)(H,70,75)(H,71,80)(H,72,81)(H,86,87)/t50-,51-,52+,53+,56+,57+,58+,59+,60+,61+,65+,66+/m0/s1. The maximum absolute atomic E-state index is 13.0. The summed E-state index contributed by atoms with van der Waals surface area (Å²) in [4.78, 5) is 101. The maximum atomic E-state index is 13.0. The molecule has 2 aliphatic heterocycles. The van der Waals surface area contributed by atoms with Gasteiger partial charge in [0.15, 0.2) is 6.29 Å². The van der Waals surface area contributed by atoms with Crippen molar-refractivity contribution in [3.8, 4) is 22.3 Å². The van der Waals surface area contributed by atoms with Gasteiger partial charge in [-0.05, 0) is 89.1 Å². The minimum absolute atomic E-state index is 0.0460. The summed E-state index contributed by atoms with van der Waals surface area (Å²) < 4.78 is 23.4. The van der Waals surface area contributed by atoms with Crippen LogP contribution in [0.2, 0.25) is 0 Å². The molecule has 93 heavy (non-hydrogen) atoms. The van der Waals surface area contributed by atoms with Gasteiger partial charge in [0.2, 0.25) is 29.4 Å². The molecule has 0 aliphatic carbocycles. The first kappa shape index (κ1) is 72.8. The number of rotatable bonds is 34. The zero-order valence-electron chi connectivity index (χ0n) is 51.3. The number of carboxylic acid groups (broad SMARTS) is 1. The van der Waals surface area contributed by atoms with Crippen molar-refractivity contribution >= 4 is 82.6 Å². The van der Waals surface area contributed by atoms with E-state index in [2.05, 4.69) is 31.9 Å². The monoisotopic (exact) mass is 1320 g/mol. The zero-order chi connectivity index (χ0) is 67.1. The van der Waals surface area contributed by atoms with Crippen LogP contribution in [0.4, 0.5) is 11.4 Å². The number of ether oxygens (including phenoxy) is 4. The van der Waals surface area contributed by atoms with Gasteiger partial charge in [-0.1, -0.05) is 91.0 Å². The number of carbonyl (C=O) groups excluding carboxylic acids is 7. The van der Waals surface area contributed by atoms with Crippen LogP contribution in [-0.4, -0.2) is 205 Å². The van der Waals surface area contributed by atoms with Crippen LogP contribution >= 0.6 is 23.5 Å². The van der Waals surface area contributed by atoms with Crippen molar-refractivity contribution in [2.45, 2.75) is 125 Å². The van der Waals surface area contributed by atoms with Crippen molar-refractivity contribution in [2.24, 2.45) is 0 Å². The molecule has 13 N–H and O–H groups in total. The van der Waals surface area contributed by atoms with Gasteiger partial charge in [0.05, 0.1) is 49.7 Å². The Morgan fingerprint density at radius 3 is 1.41 bits per heavy atom. The van der Waals surface area contributed by atoms with Gasteiger partial charge in [0, 0.05) is 86.6 Å². The van der Waals surface area contributed by atoms with Crippen molar-refractivity contribution in [3.63, 3.8) is 0 Å². The predicted octanol–water partition coefficient (Wildman–Crippen LogP) is 3.25. The number of aliphatic hydroxyl groups is 6. The first-order valence-electron chi connectivity index (χ1n) is 30.3. The Hall–Kier alpha value is -7.64. The molecule has 0 spiro atoms. The molecule has 2 aliphatic rings. The Labute approximate surface area is 546 Å². The third kappa shape index (κ3) is 21.4. The summed E-state index contributed by atoms with van der Waals surface area (Å²) in [5.74, 6) is -7.45. The summed E-state index contributed by atoms with van der Waals surface area (Å²) in [6, 6.07) is 36.5. The van der Waals surface area contributed by atoms with Gasteiger partial charge in [0.25, 0.3) is 17.6 Å². The molecular weight excluding hydrogens is 1240 g/mol. The van der Waals surface area contributed by atoms with E-state index in [4.69, 9.17) is 18.9 Å². The fraction of sp³-hybridized carbons (Fsp3) is 0.424. The highest BCUT2D eigenvalue weighted by atomic mass is 32.2. The molecule has 0 aromatic heterocycles. The lowest BCUT2D eigenvalue weighted by molar-refractivity contribution is -0.310. The summed E-state index contributed by atoms with van der Waals surface area (Å²) >= 11 is 2.81. The van der Waals surface area contributed by atoms with E-state index in [0.29, 0.717) is 52.7 Å². The first-order chi connectivity index (χ1) is 44.6. The zero-order valence-corrected chi connectivity index (χ0v) is 52.9. The lowest BCUT2D eigenvalue weighted by atomic mass is 9.88. The van der Waals surface area contributed by atoms with E-state index in [0.717, 1.165) is 29.2 Å². The predicted molar refractivity (Wildman–Crippen MR) is 347 cm³/mol. The lowest BCUT2D eigenvalue weighted by Gasteiger charge is -2.46. The highest BCUT2D eigenvalue weighted by Gasteiger charge is 2.56. The second kappa shape index (κ2) is 35.6. The third-order valence-corrected chi connectivity index (χ3v) is 17.4. The summed E-state index contributed by atoms with van der Waals surface area (Å²) in [6.45, 7) is 1.14. The van der Waals surface area contributed by atoms with Crippen molar-refractivity contribution in [1.29, 1.82) is 0 Å². The van der Waals surface area contributed by atoms with Crippen LogP contribution in [0.1, 0.15) is 73.1 Å². The summed E-state index contributed by atoms with van der Waals surface area (Å²) in [6.07, 6.45) is -13.4. The molecule has 500 valence electrons. The molecule has 25 nitrogen and oxygen atoms in total. The normalized spacial score (nSPS) is 22.4. The minimum Gasteiger partial charge on any atom is -0.477 e. The Balaban J connectivity index is 0.778. The smallest absolute Gasteiger partial charge is 0.364 e. The van der Waals surface area contributed by atoms with Crippen molar-refractivity contribution in [2.75, 3.05) is 59.9 Å². The number of hydrogen-bond acceptors (Lipinski definition) is 20. The highest BCUT2D eigenvalue weighted by Crippen LogP contribution is 2.35. The van der Waals surface area contributed by atoms with Crippen LogP contribution in [-0.2, 0) is 47.7 Å². The Morgan fingerprint density at radius 1 is 0.559 bits per heavy atom. The van der Waals surface area contributed by atoms with Crippen LogP contribution in [0.25, 0.3) is 22.3 Å². The van der Waals surface area contributed by atoms with E-state index in [1.54, 1.807) is 72.8 Å². The van der Waals surface area contributed by atoms with Crippen LogP contribution in [0.3, 0.4) is 0 Å². The number of anilines is 2. The fourth-order valence-corrected chi connectivity index (χ4v) is 12.2. The van der Waals surface area contributed by atoms with Crippen LogP contribution < -0.4 is 31.9 Å². The average molecular weight is 1330 g/mol. The van der Waals surface area contributed by atoms with Gasteiger partial charge in [-0.15, -0.1) is 0 Å². The second-order valence-electron chi connectivity index (χ2n) is 22.4. The summed E-state index contributed by atoms with van der Waals surface area (Å²) in [5.41, 5.74) is 5.10. The largest absolute Gasteiger partial charge is 0.477 e. The maximum Gasteiger partial charge on any atom is 0.364 e. The number of aldehydes is 1. The molecule has 2 saturated heterocycles. The van der Waals surface area contributed by atoms with Gasteiger partial charge < -0.3 is 86.6 Å². The van der Waals surface area contributed by atoms with E-state index < -0.39 is 128 Å². The lowest BCUT2D eigenvalue weighted by Crippen LogP contribution is -2.68.